The molecule has 0 radical (unpaired) electrons. The van der Waals surface area contributed by atoms with E-state index in [0.29, 0.717) is 13.0 Å². The number of methoxy groups -OCH3 is 1. The molecule has 0 aliphatic rings. The fourth-order valence-corrected chi connectivity index (χ4v) is 1.66. The molecule has 0 saturated heterocycles. The maximum atomic E-state index is 11.8. The molecule has 0 atom stereocenters. The van der Waals surface area contributed by atoms with Crippen molar-refractivity contribution in [3.63, 3.8) is 0 Å². The molecule has 0 aliphatic heterocycles. The SMILES string of the molecule is COc1ccccc1CC(=O)NCc1ccn[nH]1. The molecule has 0 saturated carbocycles. The molecule has 1 heterocycles. The van der Waals surface area contributed by atoms with Gasteiger partial charge >= 0.3 is 0 Å². The molecule has 0 aliphatic carbocycles. The van der Waals surface area contributed by atoms with Crippen LogP contribution in [0.5, 0.6) is 5.75 Å². The maximum Gasteiger partial charge on any atom is 0.224 e. The molecule has 1 amide bonds. The summed E-state index contributed by atoms with van der Waals surface area (Å²) in [4.78, 5) is 11.8. The van der Waals surface area contributed by atoms with Gasteiger partial charge in [-0.05, 0) is 12.1 Å². The van der Waals surface area contributed by atoms with Gasteiger partial charge in [-0.1, -0.05) is 18.2 Å². The summed E-state index contributed by atoms with van der Waals surface area (Å²) in [7, 11) is 1.60. The van der Waals surface area contributed by atoms with Gasteiger partial charge in [-0.25, -0.2) is 0 Å². The van der Waals surface area contributed by atoms with E-state index in [4.69, 9.17) is 4.74 Å². The summed E-state index contributed by atoms with van der Waals surface area (Å²) in [6, 6.07) is 9.32. The van der Waals surface area contributed by atoms with Crippen LogP contribution >= 0.6 is 0 Å². The first-order valence-electron chi connectivity index (χ1n) is 5.66. The van der Waals surface area contributed by atoms with Crippen LogP contribution in [0.25, 0.3) is 0 Å². The lowest BCUT2D eigenvalue weighted by Crippen LogP contribution is -2.24. The molecule has 2 rings (SSSR count). The smallest absolute Gasteiger partial charge is 0.224 e. The van der Waals surface area contributed by atoms with Crippen molar-refractivity contribution in [2.24, 2.45) is 0 Å². The number of benzene rings is 1. The number of hydrogen-bond donors (Lipinski definition) is 2. The molecule has 5 heteroatoms. The fourth-order valence-electron chi connectivity index (χ4n) is 1.66. The number of aromatic nitrogens is 2. The van der Waals surface area contributed by atoms with Crippen molar-refractivity contribution < 1.29 is 9.53 Å². The van der Waals surface area contributed by atoms with E-state index in [1.54, 1.807) is 13.3 Å². The minimum atomic E-state index is -0.0471. The van der Waals surface area contributed by atoms with Gasteiger partial charge in [-0.15, -0.1) is 0 Å². The first kappa shape index (κ1) is 12.2. The van der Waals surface area contributed by atoms with Gasteiger partial charge in [-0.2, -0.15) is 5.10 Å². The van der Waals surface area contributed by atoms with Crippen LogP contribution in [0.15, 0.2) is 36.5 Å². The minimum absolute atomic E-state index is 0.0471. The standard InChI is InChI=1S/C13H15N3O2/c1-18-12-5-3-2-4-10(12)8-13(17)14-9-11-6-7-15-16-11/h2-7H,8-9H2,1H3,(H,14,17)(H,15,16). The molecule has 94 valence electrons. The molecule has 0 bridgehead atoms. The van der Waals surface area contributed by atoms with Crippen molar-refractivity contribution in [1.29, 1.82) is 0 Å². The van der Waals surface area contributed by atoms with E-state index < -0.39 is 0 Å². The second kappa shape index (κ2) is 5.86. The largest absolute Gasteiger partial charge is 0.496 e. The summed E-state index contributed by atoms with van der Waals surface area (Å²) >= 11 is 0. The fraction of sp³-hybridized carbons (Fsp3) is 0.231. The van der Waals surface area contributed by atoms with Crippen LogP contribution in [0.1, 0.15) is 11.3 Å². The van der Waals surface area contributed by atoms with Gasteiger partial charge in [0.15, 0.2) is 0 Å². The summed E-state index contributed by atoms with van der Waals surface area (Å²) in [6.07, 6.45) is 1.96. The highest BCUT2D eigenvalue weighted by molar-refractivity contribution is 5.79. The molecule has 1 aromatic heterocycles. The molecule has 0 spiro atoms. The zero-order valence-electron chi connectivity index (χ0n) is 10.1. The van der Waals surface area contributed by atoms with Gasteiger partial charge in [0.25, 0.3) is 0 Å². The van der Waals surface area contributed by atoms with E-state index in [-0.39, 0.29) is 5.91 Å². The number of para-hydroxylation sites is 1. The molecule has 0 unspecified atom stereocenters. The van der Waals surface area contributed by atoms with Crippen LogP contribution in [0.4, 0.5) is 0 Å². The third kappa shape index (κ3) is 3.10. The number of amides is 1. The quantitative estimate of drug-likeness (QED) is 0.833. The molecule has 18 heavy (non-hydrogen) atoms. The van der Waals surface area contributed by atoms with Crippen LogP contribution < -0.4 is 10.1 Å². The van der Waals surface area contributed by atoms with Crippen LogP contribution in [-0.2, 0) is 17.8 Å². The predicted molar refractivity (Wildman–Crippen MR) is 67.1 cm³/mol. The van der Waals surface area contributed by atoms with Crippen molar-refractivity contribution in [3.05, 3.63) is 47.8 Å². The van der Waals surface area contributed by atoms with Crippen molar-refractivity contribution in [2.45, 2.75) is 13.0 Å². The highest BCUT2D eigenvalue weighted by Crippen LogP contribution is 2.17. The normalized spacial score (nSPS) is 10.1. The zero-order valence-corrected chi connectivity index (χ0v) is 10.1. The lowest BCUT2D eigenvalue weighted by atomic mass is 10.1. The average molecular weight is 245 g/mol. The number of aromatic amines is 1. The highest BCUT2D eigenvalue weighted by atomic mass is 16.5. The first-order valence-corrected chi connectivity index (χ1v) is 5.66. The van der Waals surface area contributed by atoms with Crippen molar-refractivity contribution in [2.75, 3.05) is 7.11 Å². The Bertz CT molecular complexity index is 509. The lowest BCUT2D eigenvalue weighted by molar-refractivity contribution is -0.120. The summed E-state index contributed by atoms with van der Waals surface area (Å²) in [6.45, 7) is 0.452. The Morgan fingerprint density at radius 3 is 2.94 bits per heavy atom. The number of ether oxygens (including phenoxy) is 1. The topological polar surface area (TPSA) is 67.0 Å². The molecule has 2 aromatic rings. The molecule has 2 N–H and O–H groups in total. The van der Waals surface area contributed by atoms with Crippen molar-refractivity contribution in [3.8, 4) is 5.75 Å². The van der Waals surface area contributed by atoms with Gasteiger partial charge in [0, 0.05) is 11.8 Å². The number of hydrogen-bond acceptors (Lipinski definition) is 3. The Balaban J connectivity index is 1.90. The number of carbonyl (C=O) groups is 1. The Kier molecular flexibility index (Phi) is 3.96. The van der Waals surface area contributed by atoms with Gasteiger partial charge in [-0.3, -0.25) is 9.89 Å². The number of carbonyl (C=O) groups excluding carboxylic acids is 1. The Morgan fingerprint density at radius 2 is 2.22 bits per heavy atom. The van der Waals surface area contributed by atoms with E-state index >= 15 is 0 Å². The molecule has 0 fully saturated rings. The number of rotatable bonds is 5. The lowest BCUT2D eigenvalue weighted by Gasteiger charge is -2.08. The summed E-state index contributed by atoms with van der Waals surface area (Å²) in [5.74, 6) is 0.684. The summed E-state index contributed by atoms with van der Waals surface area (Å²) in [5.41, 5.74) is 1.76. The Labute approximate surface area is 105 Å². The van der Waals surface area contributed by atoms with Gasteiger partial charge in [0.05, 0.1) is 25.8 Å². The molecular formula is C13H15N3O2. The summed E-state index contributed by atoms with van der Waals surface area (Å²) in [5, 5.41) is 9.42. The molecular weight excluding hydrogens is 230 g/mol. The third-order valence-corrected chi connectivity index (χ3v) is 2.58. The van der Waals surface area contributed by atoms with Gasteiger partial charge in [0.1, 0.15) is 5.75 Å². The number of nitrogens with one attached hydrogen (secondary N) is 2. The minimum Gasteiger partial charge on any atom is -0.496 e. The number of nitrogens with zero attached hydrogens (tertiary/aromatic N) is 1. The van der Waals surface area contributed by atoms with E-state index in [2.05, 4.69) is 15.5 Å². The highest BCUT2D eigenvalue weighted by Gasteiger charge is 2.07. The zero-order chi connectivity index (χ0) is 12.8. The molecule has 5 nitrogen and oxygen atoms in total. The predicted octanol–water partition coefficient (Wildman–Crippen LogP) is 1.28. The first-order chi connectivity index (χ1) is 8.79. The van der Waals surface area contributed by atoms with Gasteiger partial charge < -0.3 is 10.1 Å². The second-order valence-electron chi connectivity index (χ2n) is 3.85. The maximum absolute atomic E-state index is 11.8. The van der Waals surface area contributed by atoms with Crippen molar-refractivity contribution >= 4 is 5.91 Å². The third-order valence-electron chi connectivity index (χ3n) is 2.58. The summed E-state index contributed by atoms with van der Waals surface area (Å²) < 4.78 is 5.20. The van der Waals surface area contributed by atoms with Crippen LogP contribution in [0, 0.1) is 0 Å². The van der Waals surface area contributed by atoms with E-state index in [1.807, 2.05) is 30.3 Å². The van der Waals surface area contributed by atoms with E-state index in [1.165, 1.54) is 0 Å². The monoisotopic (exact) mass is 245 g/mol. The number of H-pyrrole nitrogens is 1. The Hall–Kier alpha value is -2.30. The van der Waals surface area contributed by atoms with Crippen molar-refractivity contribution in [1.82, 2.24) is 15.5 Å². The van der Waals surface area contributed by atoms with Crippen LogP contribution in [0.3, 0.4) is 0 Å². The van der Waals surface area contributed by atoms with Crippen LogP contribution in [-0.4, -0.2) is 23.2 Å². The molecule has 1 aromatic carbocycles. The Morgan fingerprint density at radius 1 is 1.39 bits per heavy atom. The average Bonchev–Trinajstić information content (AvgIpc) is 2.90. The van der Waals surface area contributed by atoms with Gasteiger partial charge in [0.2, 0.25) is 5.91 Å². The van der Waals surface area contributed by atoms with E-state index in [0.717, 1.165) is 17.0 Å². The van der Waals surface area contributed by atoms with Crippen LogP contribution in [0.2, 0.25) is 0 Å². The second-order valence-corrected chi connectivity index (χ2v) is 3.85. The van der Waals surface area contributed by atoms with E-state index in [9.17, 15) is 4.79 Å².